The van der Waals surface area contributed by atoms with Crippen molar-refractivity contribution in [1.29, 1.82) is 0 Å². The molecule has 2 atom stereocenters. The fourth-order valence-electron chi connectivity index (χ4n) is 7.18. The standard InChI is InChI=1S/C45H88ClNO4.C2H6/c1-5-9-13-16-18-24-32-42(30-22-12-8-4)40-50-44(48)34-26-20-28-37-47(39-36-46)38-29-21-27-35-45(49)51-41-43(31-23-15-11-7-3)33-25-19-17-14-10-6-2;1-2/h42-43H,5-41H2,1-4H3;1-2H3. The Morgan fingerprint density at radius 2 is 0.736 bits per heavy atom. The Morgan fingerprint density at radius 3 is 1.11 bits per heavy atom. The summed E-state index contributed by atoms with van der Waals surface area (Å²) >= 11 is 6.12. The topological polar surface area (TPSA) is 55.8 Å². The molecule has 0 radical (unpaired) electrons. The summed E-state index contributed by atoms with van der Waals surface area (Å²) in [6.07, 6.45) is 36.6. The van der Waals surface area contributed by atoms with Crippen LogP contribution in [0, 0.1) is 11.8 Å². The van der Waals surface area contributed by atoms with E-state index >= 15 is 0 Å². The zero-order chi connectivity index (χ0) is 39.5. The molecule has 0 spiro atoms. The maximum atomic E-state index is 12.5. The van der Waals surface area contributed by atoms with E-state index in [1.54, 1.807) is 0 Å². The molecule has 0 N–H and O–H groups in total. The highest BCUT2D eigenvalue weighted by Crippen LogP contribution is 2.21. The molecule has 0 saturated carbocycles. The lowest BCUT2D eigenvalue weighted by Gasteiger charge is -2.21. The largest absolute Gasteiger partial charge is 0.465 e. The van der Waals surface area contributed by atoms with Crippen molar-refractivity contribution in [2.45, 2.75) is 241 Å². The average molecular weight is 773 g/mol. The molecule has 0 aliphatic heterocycles. The van der Waals surface area contributed by atoms with Crippen molar-refractivity contribution >= 4 is 23.5 Å². The van der Waals surface area contributed by atoms with Gasteiger partial charge in [-0.1, -0.05) is 176 Å². The molecule has 0 bridgehead atoms. The van der Waals surface area contributed by atoms with E-state index in [0.29, 0.717) is 43.8 Å². The Morgan fingerprint density at radius 1 is 0.434 bits per heavy atom. The highest BCUT2D eigenvalue weighted by molar-refractivity contribution is 6.18. The quantitative estimate of drug-likeness (QED) is 0.0352. The molecule has 0 aliphatic rings. The van der Waals surface area contributed by atoms with Gasteiger partial charge in [-0.3, -0.25) is 9.59 Å². The third kappa shape index (κ3) is 40.7. The molecule has 0 heterocycles. The summed E-state index contributed by atoms with van der Waals surface area (Å²) in [6.45, 7) is 17.2. The van der Waals surface area contributed by atoms with Crippen molar-refractivity contribution in [3.8, 4) is 0 Å². The predicted molar refractivity (Wildman–Crippen MR) is 233 cm³/mol. The van der Waals surface area contributed by atoms with Gasteiger partial charge in [0.1, 0.15) is 0 Å². The number of ether oxygens (including phenoxy) is 2. The van der Waals surface area contributed by atoms with Crippen LogP contribution in [0.2, 0.25) is 0 Å². The Balaban J connectivity index is 0. The smallest absolute Gasteiger partial charge is 0.305 e. The molecular formula is C47H94ClNO4. The Hall–Kier alpha value is -0.810. The van der Waals surface area contributed by atoms with Crippen LogP contribution in [0.1, 0.15) is 241 Å². The zero-order valence-corrected chi connectivity index (χ0v) is 37.5. The number of carbonyl (C=O) groups is 2. The van der Waals surface area contributed by atoms with Gasteiger partial charge in [0, 0.05) is 25.3 Å². The van der Waals surface area contributed by atoms with E-state index in [9.17, 15) is 9.59 Å². The third-order valence-electron chi connectivity index (χ3n) is 10.7. The van der Waals surface area contributed by atoms with Gasteiger partial charge in [-0.05, 0) is 76.3 Å². The van der Waals surface area contributed by atoms with Gasteiger partial charge in [0.2, 0.25) is 0 Å². The Bertz CT molecular complexity index is 735. The van der Waals surface area contributed by atoms with Crippen LogP contribution in [-0.2, 0) is 19.1 Å². The van der Waals surface area contributed by atoms with E-state index in [0.717, 1.165) is 58.2 Å². The van der Waals surface area contributed by atoms with Crippen LogP contribution < -0.4 is 0 Å². The number of halogens is 1. The van der Waals surface area contributed by atoms with E-state index in [4.69, 9.17) is 21.1 Å². The monoisotopic (exact) mass is 772 g/mol. The lowest BCUT2D eigenvalue weighted by Crippen LogP contribution is -2.28. The molecule has 0 aromatic heterocycles. The molecule has 0 aromatic carbocycles. The van der Waals surface area contributed by atoms with Crippen LogP contribution in [-0.4, -0.2) is 55.6 Å². The van der Waals surface area contributed by atoms with E-state index < -0.39 is 0 Å². The summed E-state index contributed by atoms with van der Waals surface area (Å²) in [7, 11) is 0. The van der Waals surface area contributed by atoms with Crippen molar-refractivity contribution in [3.63, 3.8) is 0 Å². The van der Waals surface area contributed by atoms with Crippen LogP contribution in [0.25, 0.3) is 0 Å². The summed E-state index contributed by atoms with van der Waals surface area (Å²) in [4.78, 5) is 27.5. The van der Waals surface area contributed by atoms with Crippen LogP contribution >= 0.6 is 11.6 Å². The minimum atomic E-state index is -0.0186. The van der Waals surface area contributed by atoms with Crippen LogP contribution in [0.3, 0.4) is 0 Å². The summed E-state index contributed by atoms with van der Waals surface area (Å²) in [5, 5.41) is 0. The molecular weight excluding hydrogens is 678 g/mol. The highest BCUT2D eigenvalue weighted by Gasteiger charge is 2.14. The number of carbonyl (C=O) groups excluding carboxylic acids is 2. The third-order valence-corrected chi connectivity index (χ3v) is 10.9. The number of esters is 2. The van der Waals surface area contributed by atoms with Gasteiger partial charge in [0.15, 0.2) is 0 Å². The number of nitrogens with zero attached hydrogens (tertiary/aromatic N) is 1. The van der Waals surface area contributed by atoms with Crippen LogP contribution in [0.15, 0.2) is 0 Å². The van der Waals surface area contributed by atoms with E-state index in [1.807, 2.05) is 13.8 Å². The van der Waals surface area contributed by atoms with E-state index in [2.05, 4.69) is 32.6 Å². The second-order valence-electron chi connectivity index (χ2n) is 15.7. The van der Waals surface area contributed by atoms with Gasteiger partial charge in [0.05, 0.1) is 13.2 Å². The molecule has 0 aliphatic carbocycles. The van der Waals surface area contributed by atoms with Crippen LogP contribution in [0.4, 0.5) is 0 Å². The van der Waals surface area contributed by atoms with Gasteiger partial charge in [-0.25, -0.2) is 0 Å². The summed E-state index contributed by atoms with van der Waals surface area (Å²) in [5.74, 6) is 1.65. The molecule has 5 nitrogen and oxygen atoms in total. The first-order valence-corrected chi connectivity index (χ1v) is 24.1. The second kappa shape index (κ2) is 45.6. The first-order chi connectivity index (χ1) is 26.0. The van der Waals surface area contributed by atoms with Crippen molar-refractivity contribution in [1.82, 2.24) is 4.90 Å². The normalized spacial score (nSPS) is 12.4. The Labute approximate surface area is 337 Å². The van der Waals surface area contributed by atoms with Gasteiger partial charge in [-0.15, -0.1) is 11.6 Å². The minimum Gasteiger partial charge on any atom is -0.465 e. The SMILES string of the molecule is CC.CCCCCCCCC(CCCCC)COC(=O)CCCCCN(CCCl)CCCCCC(=O)OCC(CCCCCC)CCCCCCCC. The van der Waals surface area contributed by atoms with Gasteiger partial charge in [0.25, 0.3) is 0 Å². The van der Waals surface area contributed by atoms with Crippen molar-refractivity contribution < 1.29 is 19.1 Å². The molecule has 0 saturated heterocycles. The number of rotatable bonds is 41. The number of unbranched alkanes of at least 4 members (excludes halogenated alkanes) is 19. The molecule has 0 fully saturated rings. The van der Waals surface area contributed by atoms with E-state index in [-0.39, 0.29) is 11.9 Å². The first-order valence-electron chi connectivity index (χ1n) is 23.6. The molecule has 0 aromatic rings. The van der Waals surface area contributed by atoms with Gasteiger partial charge < -0.3 is 14.4 Å². The number of hydrogen-bond acceptors (Lipinski definition) is 5. The summed E-state index contributed by atoms with van der Waals surface area (Å²) in [5.41, 5.74) is 0. The second-order valence-corrected chi connectivity index (χ2v) is 16.1. The fraction of sp³-hybridized carbons (Fsp3) is 0.957. The van der Waals surface area contributed by atoms with Crippen LogP contribution in [0.5, 0.6) is 0 Å². The maximum Gasteiger partial charge on any atom is 0.305 e. The molecule has 2 unspecified atom stereocenters. The molecule has 0 rings (SSSR count). The molecule has 6 heteroatoms. The van der Waals surface area contributed by atoms with Crippen molar-refractivity contribution in [2.24, 2.45) is 11.8 Å². The molecule has 0 amide bonds. The Kier molecular flexibility index (Phi) is 46.7. The van der Waals surface area contributed by atoms with Gasteiger partial charge >= 0.3 is 11.9 Å². The fourth-order valence-corrected chi connectivity index (χ4v) is 7.41. The summed E-state index contributed by atoms with van der Waals surface area (Å²) < 4.78 is 11.6. The maximum absolute atomic E-state index is 12.5. The minimum absolute atomic E-state index is 0.0162. The summed E-state index contributed by atoms with van der Waals surface area (Å²) in [6, 6.07) is 0. The first kappa shape index (κ1) is 54.3. The predicted octanol–water partition coefficient (Wildman–Crippen LogP) is 15.0. The zero-order valence-electron chi connectivity index (χ0n) is 36.8. The highest BCUT2D eigenvalue weighted by atomic mass is 35.5. The lowest BCUT2D eigenvalue weighted by atomic mass is 9.95. The van der Waals surface area contributed by atoms with E-state index in [1.165, 1.54) is 148 Å². The number of alkyl halides is 1. The van der Waals surface area contributed by atoms with Crippen molar-refractivity contribution in [2.75, 3.05) is 38.7 Å². The van der Waals surface area contributed by atoms with Gasteiger partial charge in [-0.2, -0.15) is 0 Å². The molecule has 53 heavy (non-hydrogen) atoms. The molecule has 318 valence electrons. The average Bonchev–Trinajstić information content (AvgIpc) is 3.17. The lowest BCUT2D eigenvalue weighted by molar-refractivity contribution is -0.146. The van der Waals surface area contributed by atoms with Crippen molar-refractivity contribution in [3.05, 3.63) is 0 Å². The number of hydrogen-bond donors (Lipinski definition) is 0.